The molecule has 17 heavy (non-hydrogen) atoms. The molecular weight excluding hydrogens is 240 g/mol. The fraction of sp³-hybridized carbons (Fsp3) is 1.00. The second kappa shape index (κ2) is 5.01. The Bertz CT molecular complexity index is 225. The molecule has 0 nitrogen and oxygen atoms in total. The molecule has 0 aromatic heterocycles. The molecule has 2 saturated heterocycles. The zero-order chi connectivity index (χ0) is 12.6. The second-order valence-corrected chi connectivity index (χ2v) is 14.3. The normalized spacial score (nSPS) is 44.5. The molecule has 100 valence electrons. The van der Waals surface area contributed by atoms with Crippen LogP contribution in [0.2, 0.25) is 18.9 Å². The van der Waals surface area contributed by atoms with Gasteiger partial charge in [-0.2, -0.15) is 0 Å². The van der Waals surface area contributed by atoms with Crippen LogP contribution in [-0.4, -0.2) is 0 Å². The molecule has 0 radical (unpaired) electrons. The fourth-order valence-electron chi connectivity index (χ4n) is 5.60. The zero-order valence-electron chi connectivity index (χ0n) is 12.6. The van der Waals surface area contributed by atoms with E-state index in [4.69, 9.17) is 0 Å². The van der Waals surface area contributed by atoms with Crippen LogP contribution < -0.4 is 0 Å². The van der Waals surface area contributed by atoms with E-state index in [1.165, 1.54) is 38.5 Å². The van der Waals surface area contributed by atoms with E-state index in [-0.39, 0.29) is 0 Å². The second-order valence-electron chi connectivity index (χ2n) is 7.41. The van der Waals surface area contributed by atoms with Gasteiger partial charge in [0.25, 0.3) is 0 Å². The molecule has 2 aliphatic rings. The predicted molar refractivity (Wildman–Crippen MR) is 74.5 cm³/mol. The van der Waals surface area contributed by atoms with Gasteiger partial charge in [-0.1, -0.05) is 0 Å². The van der Waals surface area contributed by atoms with Gasteiger partial charge in [0.2, 0.25) is 0 Å². The summed E-state index contributed by atoms with van der Waals surface area (Å²) in [6.07, 6.45) is 8.84. The molecule has 2 aliphatic heterocycles. The first kappa shape index (κ1) is 14.1. The van der Waals surface area contributed by atoms with E-state index in [2.05, 4.69) is 27.7 Å². The molecule has 0 atom stereocenters. The minimum atomic E-state index is -1.20. The van der Waals surface area contributed by atoms with Crippen LogP contribution in [-0.2, 0) is 16.6 Å². The summed E-state index contributed by atoms with van der Waals surface area (Å²) in [6.45, 7) is 9.65. The van der Waals surface area contributed by atoms with E-state index in [1.54, 1.807) is 18.9 Å². The summed E-state index contributed by atoms with van der Waals surface area (Å²) in [4.78, 5) is 0. The van der Waals surface area contributed by atoms with E-state index in [0.717, 1.165) is 10.8 Å². The van der Waals surface area contributed by atoms with Gasteiger partial charge in [-0.15, -0.1) is 0 Å². The SMILES string of the molecule is CCCC1(CC)[CH2][Ti]2([CH2]1)[CH2]C(CC)(CCC)[CH2]2. The van der Waals surface area contributed by atoms with Crippen molar-refractivity contribution >= 4 is 0 Å². The standard InChI is InChI=1S/2C8H16.Ti/c2*1-5-7-8(3,4)6-2;/h2*3-7H2,1-2H3;. The Morgan fingerprint density at radius 1 is 0.706 bits per heavy atom. The van der Waals surface area contributed by atoms with Crippen molar-refractivity contribution in [1.82, 2.24) is 0 Å². The average molecular weight is 272 g/mol. The van der Waals surface area contributed by atoms with Crippen molar-refractivity contribution in [3.8, 4) is 0 Å². The van der Waals surface area contributed by atoms with Gasteiger partial charge < -0.3 is 0 Å². The Hall–Kier alpha value is 0.714. The van der Waals surface area contributed by atoms with Gasteiger partial charge in [-0.25, -0.2) is 0 Å². The molecule has 0 N–H and O–H groups in total. The Morgan fingerprint density at radius 2 is 1.06 bits per heavy atom. The Labute approximate surface area is 112 Å². The monoisotopic (exact) mass is 272 g/mol. The Kier molecular flexibility index (Phi) is 4.16. The van der Waals surface area contributed by atoms with E-state index in [1.807, 2.05) is 0 Å². The third-order valence-electron chi connectivity index (χ3n) is 6.06. The molecule has 0 amide bonds. The molecule has 0 bridgehead atoms. The van der Waals surface area contributed by atoms with E-state index >= 15 is 0 Å². The van der Waals surface area contributed by atoms with Gasteiger partial charge in [-0.05, 0) is 0 Å². The molecular formula is C16H32Ti. The van der Waals surface area contributed by atoms with Crippen LogP contribution in [0.4, 0.5) is 0 Å². The van der Waals surface area contributed by atoms with Crippen LogP contribution in [0.1, 0.15) is 66.2 Å². The first-order valence-corrected chi connectivity index (χ1v) is 12.5. The molecule has 0 unspecified atom stereocenters. The minimum absolute atomic E-state index is 0.848. The summed E-state index contributed by atoms with van der Waals surface area (Å²) < 4.78 is 7.01. The third kappa shape index (κ3) is 2.41. The summed E-state index contributed by atoms with van der Waals surface area (Å²) in [7, 11) is 0. The number of hydrogen-bond donors (Lipinski definition) is 0. The van der Waals surface area contributed by atoms with Gasteiger partial charge in [0.05, 0.1) is 0 Å². The van der Waals surface area contributed by atoms with E-state index in [9.17, 15) is 0 Å². The molecule has 2 rings (SSSR count). The topological polar surface area (TPSA) is 0 Å². The first-order chi connectivity index (χ1) is 8.07. The van der Waals surface area contributed by atoms with Crippen molar-refractivity contribution in [3.05, 3.63) is 0 Å². The van der Waals surface area contributed by atoms with Gasteiger partial charge in [0, 0.05) is 0 Å². The van der Waals surface area contributed by atoms with Crippen molar-refractivity contribution < 1.29 is 16.6 Å². The maximum atomic E-state index is 2.45. The maximum absolute atomic E-state index is 2.45. The predicted octanol–water partition coefficient (Wildman–Crippen LogP) is 6.23. The third-order valence-corrected chi connectivity index (χ3v) is 15.4. The summed E-state index contributed by atoms with van der Waals surface area (Å²) in [5.41, 5.74) is 1.70. The average Bonchev–Trinajstić information content (AvgIpc) is 2.23. The van der Waals surface area contributed by atoms with Gasteiger partial charge in [0.1, 0.15) is 0 Å². The van der Waals surface area contributed by atoms with Crippen LogP contribution in [0.25, 0.3) is 0 Å². The van der Waals surface area contributed by atoms with Gasteiger partial charge in [-0.3, -0.25) is 0 Å². The molecule has 0 aromatic rings. The van der Waals surface area contributed by atoms with Crippen molar-refractivity contribution in [2.24, 2.45) is 10.8 Å². The molecule has 0 saturated carbocycles. The van der Waals surface area contributed by atoms with Crippen LogP contribution in [0.5, 0.6) is 0 Å². The molecule has 2 fully saturated rings. The van der Waals surface area contributed by atoms with Gasteiger partial charge >= 0.3 is 113 Å². The summed E-state index contributed by atoms with van der Waals surface area (Å²) in [6, 6.07) is 0. The molecule has 2 heterocycles. The van der Waals surface area contributed by atoms with Crippen LogP contribution in [0.3, 0.4) is 0 Å². The van der Waals surface area contributed by atoms with Crippen LogP contribution in [0.15, 0.2) is 0 Å². The van der Waals surface area contributed by atoms with Crippen molar-refractivity contribution in [2.45, 2.75) is 85.1 Å². The summed E-state index contributed by atoms with van der Waals surface area (Å²) in [5.74, 6) is 0. The first-order valence-electron chi connectivity index (χ1n) is 8.07. The number of rotatable bonds is 6. The Balaban J connectivity index is 1.88. The fourth-order valence-corrected chi connectivity index (χ4v) is 18.7. The molecule has 1 heteroatoms. The summed E-state index contributed by atoms with van der Waals surface area (Å²) in [5, 5.41) is 0. The van der Waals surface area contributed by atoms with E-state index < -0.39 is 16.6 Å². The van der Waals surface area contributed by atoms with Crippen molar-refractivity contribution in [1.29, 1.82) is 0 Å². The summed E-state index contributed by atoms with van der Waals surface area (Å²) >= 11 is -1.20. The van der Waals surface area contributed by atoms with Gasteiger partial charge in [0.15, 0.2) is 0 Å². The zero-order valence-corrected chi connectivity index (χ0v) is 14.1. The van der Waals surface area contributed by atoms with Crippen LogP contribution in [0, 0.1) is 10.8 Å². The van der Waals surface area contributed by atoms with E-state index in [0.29, 0.717) is 0 Å². The van der Waals surface area contributed by atoms with Crippen molar-refractivity contribution in [2.75, 3.05) is 0 Å². The molecule has 1 spiro atoms. The van der Waals surface area contributed by atoms with Crippen molar-refractivity contribution in [3.63, 3.8) is 0 Å². The number of hydrogen-bond acceptors (Lipinski definition) is 0. The van der Waals surface area contributed by atoms with Crippen LogP contribution >= 0.6 is 0 Å². The Morgan fingerprint density at radius 3 is 1.29 bits per heavy atom. The molecule has 0 aromatic carbocycles. The quantitative estimate of drug-likeness (QED) is 0.502. The molecule has 0 aliphatic carbocycles.